The van der Waals surface area contributed by atoms with Crippen molar-refractivity contribution in [3.63, 3.8) is 0 Å². The molecule has 0 radical (unpaired) electrons. The van der Waals surface area contributed by atoms with Crippen LogP contribution in [0.5, 0.6) is 0 Å². The fourth-order valence-electron chi connectivity index (χ4n) is 2.71. The van der Waals surface area contributed by atoms with E-state index in [1.54, 1.807) is 0 Å². The van der Waals surface area contributed by atoms with Crippen LogP contribution in [0.3, 0.4) is 0 Å². The molecule has 1 aliphatic heterocycles. The summed E-state index contributed by atoms with van der Waals surface area (Å²) in [7, 11) is 0. The van der Waals surface area contributed by atoms with Crippen LogP contribution in [0.4, 0.5) is 0 Å². The van der Waals surface area contributed by atoms with E-state index < -0.39 is 0 Å². The summed E-state index contributed by atoms with van der Waals surface area (Å²) in [6.07, 6.45) is 2.50. The van der Waals surface area contributed by atoms with E-state index in [9.17, 15) is 9.59 Å². The Morgan fingerprint density at radius 1 is 1.05 bits per heavy atom. The highest BCUT2D eigenvalue weighted by molar-refractivity contribution is 5.94. The molecule has 5 heteroatoms. The molecular formula is C17H23N3O2. The van der Waals surface area contributed by atoms with E-state index in [0.29, 0.717) is 25.6 Å². The maximum Gasteiger partial charge on any atom is 0.253 e. The van der Waals surface area contributed by atoms with Crippen molar-refractivity contribution in [2.45, 2.75) is 12.8 Å². The van der Waals surface area contributed by atoms with Crippen LogP contribution < -0.4 is 5.32 Å². The number of benzene rings is 1. The Hall–Kier alpha value is -1.88. The first-order valence-electron chi connectivity index (χ1n) is 8.06. The molecule has 1 aromatic carbocycles. The van der Waals surface area contributed by atoms with Gasteiger partial charge in [0.05, 0.1) is 6.54 Å². The van der Waals surface area contributed by atoms with Crippen molar-refractivity contribution in [3.05, 3.63) is 35.9 Å². The summed E-state index contributed by atoms with van der Waals surface area (Å²) < 4.78 is 0. The van der Waals surface area contributed by atoms with Gasteiger partial charge in [-0.15, -0.1) is 0 Å². The number of hydrogen-bond acceptors (Lipinski definition) is 3. The maximum absolute atomic E-state index is 12.3. The molecule has 3 rings (SSSR count). The molecule has 0 unspecified atom stereocenters. The van der Waals surface area contributed by atoms with Crippen LogP contribution in [0.1, 0.15) is 23.2 Å². The first-order valence-corrected chi connectivity index (χ1v) is 8.06. The van der Waals surface area contributed by atoms with Crippen molar-refractivity contribution in [1.29, 1.82) is 0 Å². The van der Waals surface area contributed by atoms with Gasteiger partial charge in [0.1, 0.15) is 0 Å². The summed E-state index contributed by atoms with van der Waals surface area (Å²) in [4.78, 5) is 28.2. The Balaban J connectivity index is 1.41. The lowest BCUT2D eigenvalue weighted by Gasteiger charge is -2.34. The van der Waals surface area contributed by atoms with Crippen LogP contribution in [-0.2, 0) is 4.79 Å². The van der Waals surface area contributed by atoms with Gasteiger partial charge in [-0.05, 0) is 30.9 Å². The monoisotopic (exact) mass is 301 g/mol. The first kappa shape index (κ1) is 15.0. The molecule has 5 nitrogen and oxygen atoms in total. The zero-order chi connectivity index (χ0) is 15.4. The molecule has 22 heavy (non-hydrogen) atoms. The molecule has 2 aliphatic rings. The van der Waals surface area contributed by atoms with Crippen molar-refractivity contribution in [2.24, 2.45) is 5.92 Å². The van der Waals surface area contributed by atoms with Crippen LogP contribution in [0.15, 0.2) is 30.3 Å². The van der Waals surface area contributed by atoms with Gasteiger partial charge in [0.25, 0.3) is 5.91 Å². The number of amides is 2. The normalized spacial score (nSPS) is 19.0. The van der Waals surface area contributed by atoms with Gasteiger partial charge < -0.3 is 10.2 Å². The van der Waals surface area contributed by atoms with E-state index >= 15 is 0 Å². The highest BCUT2D eigenvalue weighted by Gasteiger charge is 2.24. The van der Waals surface area contributed by atoms with Crippen LogP contribution >= 0.6 is 0 Å². The molecule has 0 spiro atoms. The van der Waals surface area contributed by atoms with Gasteiger partial charge in [-0.3, -0.25) is 14.5 Å². The third-order valence-electron chi connectivity index (χ3n) is 4.33. The highest BCUT2D eigenvalue weighted by Crippen LogP contribution is 2.27. The van der Waals surface area contributed by atoms with E-state index in [0.717, 1.165) is 25.2 Å². The molecule has 0 aromatic heterocycles. The Morgan fingerprint density at radius 3 is 2.36 bits per heavy atom. The van der Waals surface area contributed by atoms with E-state index in [1.165, 1.54) is 12.8 Å². The third-order valence-corrected chi connectivity index (χ3v) is 4.33. The Bertz CT molecular complexity index is 520. The standard InChI is InChI=1S/C17H23N3O2/c21-16(18-12-14-6-7-14)13-19-8-10-20(11-9-19)17(22)15-4-2-1-3-5-15/h1-5,14H,6-13H2,(H,18,21). The molecule has 1 saturated heterocycles. The van der Waals surface area contributed by atoms with Crippen molar-refractivity contribution in [2.75, 3.05) is 39.3 Å². The molecular weight excluding hydrogens is 278 g/mol. The number of carbonyl (C=O) groups excluding carboxylic acids is 2. The summed E-state index contributed by atoms with van der Waals surface area (Å²) >= 11 is 0. The number of hydrogen-bond donors (Lipinski definition) is 1. The molecule has 0 atom stereocenters. The van der Waals surface area contributed by atoms with E-state index in [2.05, 4.69) is 10.2 Å². The lowest BCUT2D eigenvalue weighted by molar-refractivity contribution is -0.122. The average molecular weight is 301 g/mol. The molecule has 1 saturated carbocycles. The third kappa shape index (κ3) is 4.07. The van der Waals surface area contributed by atoms with Gasteiger partial charge >= 0.3 is 0 Å². The summed E-state index contributed by atoms with van der Waals surface area (Å²) in [5.74, 6) is 0.900. The van der Waals surface area contributed by atoms with Gasteiger partial charge in [-0.25, -0.2) is 0 Å². The van der Waals surface area contributed by atoms with E-state index in [-0.39, 0.29) is 11.8 Å². The number of nitrogens with one attached hydrogen (secondary N) is 1. The largest absolute Gasteiger partial charge is 0.355 e. The lowest BCUT2D eigenvalue weighted by atomic mass is 10.2. The van der Waals surface area contributed by atoms with Gasteiger partial charge in [-0.2, -0.15) is 0 Å². The van der Waals surface area contributed by atoms with E-state index in [4.69, 9.17) is 0 Å². The van der Waals surface area contributed by atoms with Crippen LogP contribution in [0, 0.1) is 5.92 Å². The SMILES string of the molecule is O=C(CN1CCN(C(=O)c2ccccc2)CC1)NCC1CC1. The van der Waals surface area contributed by atoms with Crippen molar-refractivity contribution < 1.29 is 9.59 Å². The molecule has 2 amide bonds. The van der Waals surface area contributed by atoms with Crippen molar-refractivity contribution >= 4 is 11.8 Å². The molecule has 1 N–H and O–H groups in total. The Labute approximate surface area is 131 Å². The number of piperazine rings is 1. The molecule has 0 bridgehead atoms. The molecule has 2 fully saturated rings. The lowest BCUT2D eigenvalue weighted by Crippen LogP contribution is -2.51. The number of rotatable bonds is 5. The number of carbonyl (C=O) groups is 2. The topological polar surface area (TPSA) is 52.7 Å². The van der Waals surface area contributed by atoms with Gasteiger partial charge in [-0.1, -0.05) is 18.2 Å². The summed E-state index contributed by atoms with van der Waals surface area (Å²) in [6.45, 7) is 4.16. The van der Waals surface area contributed by atoms with Gasteiger partial charge in [0, 0.05) is 38.3 Å². The fourth-order valence-corrected chi connectivity index (χ4v) is 2.71. The fraction of sp³-hybridized carbons (Fsp3) is 0.529. The van der Waals surface area contributed by atoms with Crippen molar-refractivity contribution in [1.82, 2.24) is 15.1 Å². The summed E-state index contributed by atoms with van der Waals surface area (Å²) in [5.41, 5.74) is 0.734. The molecule has 1 aliphatic carbocycles. The Kier molecular flexibility index (Phi) is 4.73. The second kappa shape index (κ2) is 6.92. The molecule has 1 aromatic rings. The smallest absolute Gasteiger partial charge is 0.253 e. The van der Waals surface area contributed by atoms with Gasteiger partial charge in [0.2, 0.25) is 5.91 Å². The minimum Gasteiger partial charge on any atom is -0.355 e. The maximum atomic E-state index is 12.3. The highest BCUT2D eigenvalue weighted by atomic mass is 16.2. The minimum atomic E-state index is 0.0819. The number of nitrogens with zero attached hydrogens (tertiary/aromatic N) is 2. The predicted molar refractivity (Wildman–Crippen MR) is 84.5 cm³/mol. The summed E-state index contributed by atoms with van der Waals surface area (Å²) in [6, 6.07) is 9.37. The zero-order valence-corrected chi connectivity index (χ0v) is 12.8. The van der Waals surface area contributed by atoms with E-state index in [1.807, 2.05) is 35.2 Å². The summed E-state index contributed by atoms with van der Waals surface area (Å²) in [5, 5.41) is 2.99. The van der Waals surface area contributed by atoms with Crippen LogP contribution in [0.25, 0.3) is 0 Å². The molecule has 1 heterocycles. The van der Waals surface area contributed by atoms with Crippen LogP contribution in [-0.4, -0.2) is 60.9 Å². The first-order chi connectivity index (χ1) is 10.7. The predicted octanol–water partition coefficient (Wildman–Crippen LogP) is 0.971. The van der Waals surface area contributed by atoms with Crippen molar-refractivity contribution in [3.8, 4) is 0 Å². The average Bonchev–Trinajstić information content (AvgIpc) is 3.38. The minimum absolute atomic E-state index is 0.0819. The quantitative estimate of drug-likeness (QED) is 0.882. The second-order valence-electron chi connectivity index (χ2n) is 6.18. The Morgan fingerprint density at radius 2 is 1.73 bits per heavy atom. The molecule has 118 valence electrons. The van der Waals surface area contributed by atoms with Gasteiger partial charge in [0.15, 0.2) is 0 Å². The van der Waals surface area contributed by atoms with Crippen LogP contribution in [0.2, 0.25) is 0 Å². The second-order valence-corrected chi connectivity index (χ2v) is 6.18. The zero-order valence-electron chi connectivity index (χ0n) is 12.8.